The molecule has 4 nitrogen and oxygen atoms in total. The summed E-state index contributed by atoms with van der Waals surface area (Å²) in [5.74, 6) is -3.08. The molecule has 5 heteroatoms. The fourth-order valence-corrected chi connectivity index (χ4v) is 2.00. The van der Waals surface area contributed by atoms with Crippen LogP contribution in [0.3, 0.4) is 0 Å². The third kappa shape index (κ3) is 4.64. The number of rotatable bonds is 5. The topological polar surface area (TPSA) is 66.4 Å². The highest BCUT2D eigenvalue weighted by Gasteiger charge is 2.37. The number of halogens is 1. The highest BCUT2D eigenvalue weighted by atomic mass is 19.1. The van der Waals surface area contributed by atoms with Crippen molar-refractivity contribution in [2.24, 2.45) is 11.3 Å². The Morgan fingerprint density at radius 3 is 2.50 bits per heavy atom. The second kappa shape index (κ2) is 6.50. The van der Waals surface area contributed by atoms with Crippen LogP contribution in [0.1, 0.15) is 26.3 Å². The molecule has 1 aromatic carbocycles. The molecule has 0 aliphatic rings. The summed E-state index contributed by atoms with van der Waals surface area (Å²) in [4.78, 5) is 23.1. The first-order valence-electron chi connectivity index (χ1n) is 6.47. The normalized spacial score (nSPS) is 12.8. The Morgan fingerprint density at radius 1 is 1.35 bits per heavy atom. The number of benzene rings is 1. The van der Waals surface area contributed by atoms with Crippen molar-refractivity contribution in [1.82, 2.24) is 5.32 Å². The zero-order valence-corrected chi connectivity index (χ0v) is 11.9. The summed E-state index contributed by atoms with van der Waals surface area (Å²) in [7, 11) is 0. The first-order chi connectivity index (χ1) is 9.21. The second-order valence-corrected chi connectivity index (χ2v) is 5.81. The van der Waals surface area contributed by atoms with Gasteiger partial charge in [0.2, 0.25) is 5.91 Å². The molecule has 0 aliphatic carbocycles. The molecule has 2 N–H and O–H groups in total. The number of nitrogens with one attached hydrogen (secondary N) is 1. The van der Waals surface area contributed by atoms with Crippen LogP contribution in [0.25, 0.3) is 0 Å². The number of hydrogen-bond acceptors (Lipinski definition) is 2. The molecule has 110 valence electrons. The van der Waals surface area contributed by atoms with Gasteiger partial charge in [0, 0.05) is 6.54 Å². The molecule has 0 aromatic heterocycles. The molecule has 1 unspecified atom stereocenters. The van der Waals surface area contributed by atoms with Gasteiger partial charge < -0.3 is 10.4 Å². The van der Waals surface area contributed by atoms with Crippen LogP contribution in [0.2, 0.25) is 0 Å². The van der Waals surface area contributed by atoms with Crippen molar-refractivity contribution in [2.45, 2.75) is 27.2 Å². The van der Waals surface area contributed by atoms with Crippen LogP contribution in [0.15, 0.2) is 24.3 Å². The zero-order valence-electron chi connectivity index (χ0n) is 11.9. The average Bonchev–Trinajstić information content (AvgIpc) is 2.26. The number of amides is 1. The maximum absolute atomic E-state index is 13.0. The Balaban J connectivity index is 2.56. The van der Waals surface area contributed by atoms with E-state index < -0.39 is 23.2 Å². The molecule has 0 saturated carbocycles. The first-order valence-corrected chi connectivity index (χ1v) is 6.47. The van der Waals surface area contributed by atoms with Gasteiger partial charge in [-0.1, -0.05) is 32.9 Å². The fraction of sp³-hybridized carbons (Fsp3) is 0.467. The monoisotopic (exact) mass is 281 g/mol. The number of carboxylic acids is 1. The van der Waals surface area contributed by atoms with Crippen LogP contribution in [0, 0.1) is 17.2 Å². The Morgan fingerprint density at radius 2 is 2.00 bits per heavy atom. The van der Waals surface area contributed by atoms with Crippen LogP contribution in [-0.4, -0.2) is 23.5 Å². The lowest BCUT2D eigenvalue weighted by atomic mass is 9.80. The largest absolute Gasteiger partial charge is 0.481 e. The molecule has 1 amide bonds. The van der Waals surface area contributed by atoms with E-state index in [1.54, 1.807) is 32.9 Å². The Kier molecular flexibility index (Phi) is 5.25. The van der Waals surface area contributed by atoms with Crippen molar-refractivity contribution in [2.75, 3.05) is 6.54 Å². The quantitative estimate of drug-likeness (QED) is 0.813. The van der Waals surface area contributed by atoms with E-state index in [4.69, 9.17) is 5.11 Å². The van der Waals surface area contributed by atoms with E-state index in [2.05, 4.69) is 5.32 Å². The maximum Gasteiger partial charge on any atom is 0.316 e. The lowest BCUT2D eigenvalue weighted by molar-refractivity contribution is -0.151. The Labute approximate surface area is 118 Å². The molecular weight excluding hydrogens is 261 g/mol. The molecule has 0 fully saturated rings. The van der Waals surface area contributed by atoms with Crippen molar-refractivity contribution < 1.29 is 19.1 Å². The molecule has 0 radical (unpaired) electrons. The van der Waals surface area contributed by atoms with Crippen molar-refractivity contribution in [3.8, 4) is 0 Å². The first kappa shape index (κ1) is 16.1. The fourth-order valence-electron chi connectivity index (χ4n) is 2.00. The lowest BCUT2D eigenvalue weighted by Crippen LogP contribution is -2.43. The van der Waals surface area contributed by atoms with Crippen LogP contribution in [-0.2, 0) is 16.0 Å². The smallest absolute Gasteiger partial charge is 0.316 e. The minimum absolute atomic E-state index is 0.280. The minimum atomic E-state index is -1.14. The van der Waals surface area contributed by atoms with E-state index in [-0.39, 0.29) is 12.4 Å². The molecule has 20 heavy (non-hydrogen) atoms. The van der Waals surface area contributed by atoms with Gasteiger partial charge in [-0.2, -0.15) is 0 Å². The van der Waals surface area contributed by atoms with E-state index in [9.17, 15) is 14.0 Å². The number of carbonyl (C=O) groups excluding carboxylic acids is 1. The van der Waals surface area contributed by atoms with Crippen LogP contribution in [0.4, 0.5) is 4.39 Å². The maximum atomic E-state index is 13.0. The summed E-state index contributed by atoms with van der Waals surface area (Å²) in [5, 5.41) is 11.7. The molecular formula is C15H20FNO3. The van der Waals surface area contributed by atoms with Gasteiger partial charge in [0.1, 0.15) is 11.7 Å². The van der Waals surface area contributed by atoms with E-state index in [1.807, 2.05) is 0 Å². The highest BCUT2D eigenvalue weighted by molar-refractivity contribution is 5.97. The number of carbonyl (C=O) groups is 2. The van der Waals surface area contributed by atoms with E-state index in [0.29, 0.717) is 6.42 Å². The predicted molar refractivity (Wildman–Crippen MR) is 73.7 cm³/mol. The van der Waals surface area contributed by atoms with Crippen LogP contribution < -0.4 is 5.32 Å². The zero-order chi connectivity index (χ0) is 15.3. The van der Waals surface area contributed by atoms with Crippen molar-refractivity contribution in [3.63, 3.8) is 0 Å². The molecule has 1 rings (SSSR count). The summed E-state index contributed by atoms with van der Waals surface area (Å²) >= 11 is 0. The summed E-state index contributed by atoms with van der Waals surface area (Å²) in [6, 6.07) is 6.10. The van der Waals surface area contributed by atoms with Gasteiger partial charge in [-0.25, -0.2) is 4.39 Å². The molecule has 0 heterocycles. The summed E-state index contributed by atoms with van der Waals surface area (Å²) in [6.07, 6.45) is 0.458. The van der Waals surface area contributed by atoms with Gasteiger partial charge in [0.25, 0.3) is 0 Å². The van der Waals surface area contributed by atoms with Gasteiger partial charge in [-0.3, -0.25) is 9.59 Å². The molecule has 0 spiro atoms. The second-order valence-electron chi connectivity index (χ2n) is 5.81. The lowest BCUT2D eigenvalue weighted by Gasteiger charge is -2.25. The minimum Gasteiger partial charge on any atom is -0.481 e. The molecule has 0 bridgehead atoms. The summed E-state index contributed by atoms with van der Waals surface area (Å²) in [6.45, 7) is 5.40. The molecule has 0 saturated heterocycles. The van der Waals surface area contributed by atoms with E-state index in [1.165, 1.54) is 12.1 Å². The Bertz CT molecular complexity index is 494. The molecule has 1 atom stereocenters. The van der Waals surface area contributed by atoms with Gasteiger partial charge in [0.05, 0.1) is 0 Å². The Hall–Kier alpha value is -1.91. The molecule has 1 aromatic rings. The van der Waals surface area contributed by atoms with Gasteiger partial charge in [0.15, 0.2) is 0 Å². The van der Waals surface area contributed by atoms with Gasteiger partial charge >= 0.3 is 5.97 Å². The van der Waals surface area contributed by atoms with Gasteiger partial charge in [-0.15, -0.1) is 0 Å². The number of aliphatic carboxylic acids is 1. The standard InChI is InChI=1S/C15H20FNO3/c1-15(2,3)12(14(19)20)13(18)17-8-7-10-5-4-6-11(16)9-10/h4-6,9,12H,7-8H2,1-3H3,(H,17,18)(H,19,20). The van der Waals surface area contributed by atoms with Crippen LogP contribution in [0.5, 0.6) is 0 Å². The van der Waals surface area contributed by atoms with Crippen molar-refractivity contribution >= 4 is 11.9 Å². The van der Waals surface area contributed by atoms with E-state index in [0.717, 1.165) is 5.56 Å². The molecule has 0 aliphatic heterocycles. The number of carboxylic acid groups (broad SMARTS) is 1. The van der Waals surface area contributed by atoms with Crippen molar-refractivity contribution in [1.29, 1.82) is 0 Å². The van der Waals surface area contributed by atoms with E-state index >= 15 is 0 Å². The number of hydrogen-bond donors (Lipinski definition) is 2. The summed E-state index contributed by atoms with van der Waals surface area (Å²) in [5.41, 5.74) is 0.0994. The SMILES string of the molecule is CC(C)(C)C(C(=O)O)C(=O)NCCc1cccc(F)c1. The summed E-state index contributed by atoms with van der Waals surface area (Å²) < 4.78 is 13.0. The van der Waals surface area contributed by atoms with Gasteiger partial charge in [-0.05, 0) is 29.5 Å². The highest BCUT2D eigenvalue weighted by Crippen LogP contribution is 2.26. The average molecular weight is 281 g/mol. The third-order valence-electron chi connectivity index (χ3n) is 2.98. The van der Waals surface area contributed by atoms with Crippen molar-refractivity contribution in [3.05, 3.63) is 35.6 Å². The third-order valence-corrected chi connectivity index (χ3v) is 2.98. The van der Waals surface area contributed by atoms with Crippen LogP contribution >= 0.6 is 0 Å². The predicted octanol–water partition coefficient (Wildman–Crippen LogP) is 2.23.